The number of rotatable bonds is 7. The van der Waals surface area contributed by atoms with Gasteiger partial charge in [-0.15, -0.1) is 0 Å². The van der Waals surface area contributed by atoms with Crippen molar-refractivity contribution in [3.8, 4) is 5.75 Å². The van der Waals surface area contributed by atoms with Gasteiger partial charge in [0.1, 0.15) is 18.1 Å². The topological polar surface area (TPSA) is 93.5 Å². The van der Waals surface area contributed by atoms with Gasteiger partial charge in [0, 0.05) is 6.42 Å². The minimum atomic E-state index is -0.224. The molecule has 4 bridgehead atoms. The summed E-state index contributed by atoms with van der Waals surface area (Å²) in [6.45, 7) is 4.14. The largest absolute Gasteiger partial charge is 0.489 e. The summed E-state index contributed by atoms with van der Waals surface area (Å²) in [5, 5.41) is 3.93. The molecule has 33 heavy (non-hydrogen) atoms. The van der Waals surface area contributed by atoms with Gasteiger partial charge in [-0.1, -0.05) is 17.3 Å². The summed E-state index contributed by atoms with van der Waals surface area (Å²) in [7, 11) is 0. The number of aromatic nitrogens is 1. The second-order valence-corrected chi connectivity index (χ2v) is 10.6. The maximum Gasteiger partial charge on any atom is 0.242 e. The first-order valence-electron chi connectivity index (χ1n) is 12.1. The standard InChI is InChI=1S/C26H33N3O4/c1-16-23(17(2)33-29-16)15-32-22-5-3-18(4-6-22)10-24(30)27-28-25(31)14-26-11-19-7-20(12-26)9-21(8-19)13-26/h3-6,19-21H,7-15H2,1-2H3,(H,27,30)(H,28,31). The van der Waals surface area contributed by atoms with Crippen molar-refractivity contribution in [2.24, 2.45) is 23.2 Å². The highest BCUT2D eigenvalue weighted by atomic mass is 16.5. The van der Waals surface area contributed by atoms with Crippen LogP contribution in [0.3, 0.4) is 0 Å². The quantitative estimate of drug-likeness (QED) is 0.617. The van der Waals surface area contributed by atoms with Gasteiger partial charge >= 0.3 is 0 Å². The summed E-state index contributed by atoms with van der Waals surface area (Å²) in [6, 6.07) is 7.40. The number of ether oxygens (including phenoxy) is 1. The van der Waals surface area contributed by atoms with Crippen LogP contribution in [0.25, 0.3) is 0 Å². The maximum absolute atomic E-state index is 12.6. The lowest BCUT2D eigenvalue weighted by molar-refractivity contribution is -0.134. The molecular formula is C26H33N3O4. The van der Waals surface area contributed by atoms with Gasteiger partial charge < -0.3 is 9.26 Å². The molecule has 6 rings (SSSR count). The maximum atomic E-state index is 12.6. The fraction of sp³-hybridized carbons (Fsp3) is 0.577. The molecule has 4 fully saturated rings. The Hall–Kier alpha value is -2.83. The number of carbonyl (C=O) groups is 2. The number of aryl methyl sites for hydroxylation is 2. The summed E-state index contributed by atoms with van der Waals surface area (Å²) in [4.78, 5) is 24.9. The molecule has 4 aliphatic carbocycles. The van der Waals surface area contributed by atoms with Crippen molar-refractivity contribution in [2.45, 2.75) is 71.8 Å². The molecule has 1 aromatic carbocycles. The molecule has 7 nitrogen and oxygen atoms in total. The van der Waals surface area contributed by atoms with Gasteiger partial charge in [-0.05, 0) is 93.2 Å². The highest BCUT2D eigenvalue weighted by molar-refractivity contribution is 5.83. The van der Waals surface area contributed by atoms with Crippen molar-refractivity contribution >= 4 is 11.8 Å². The molecule has 176 valence electrons. The summed E-state index contributed by atoms with van der Waals surface area (Å²) >= 11 is 0. The third kappa shape index (κ3) is 4.92. The minimum Gasteiger partial charge on any atom is -0.489 e. The Morgan fingerprint density at radius 1 is 1.00 bits per heavy atom. The molecule has 2 amide bonds. The van der Waals surface area contributed by atoms with Crippen LogP contribution in [0, 0.1) is 37.0 Å². The van der Waals surface area contributed by atoms with E-state index in [1.165, 1.54) is 38.5 Å². The zero-order valence-corrected chi connectivity index (χ0v) is 19.5. The highest BCUT2D eigenvalue weighted by Crippen LogP contribution is 2.61. The van der Waals surface area contributed by atoms with Crippen molar-refractivity contribution < 1.29 is 18.8 Å². The fourth-order valence-electron chi connectivity index (χ4n) is 6.83. The van der Waals surface area contributed by atoms with E-state index in [1.807, 2.05) is 38.1 Å². The molecular weight excluding hydrogens is 418 g/mol. The average molecular weight is 452 g/mol. The molecule has 4 aliphatic rings. The van der Waals surface area contributed by atoms with Crippen LogP contribution in [-0.2, 0) is 22.6 Å². The first-order valence-corrected chi connectivity index (χ1v) is 12.1. The number of nitrogens with one attached hydrogen (secondary N) is 2. The summed E-state index contributed by atoms with van der Waals surface area (Å²) in [6.07, 6.45) is 8.38. The zero-order chi connectivity index (χ0) is 23.0. The van der Waals surface area contributed by atoms with E-state index in [1.54, 1.807) is 0 Å². The van der Waals surface area contributed by atoms with E-state index in [4.69, 9.17) is 9.26 Å². The van der Waals surface area contributed by atoms with Crippen LogP contribution in [0.1, 0.15) is 67.5 Å². The third-order valence-electron chi connectivity index (χ3n) is 7.89. The van der Waals surface area contributed by atoms with Gasteiger partial charge in [0.25, 0.3) is 0 Å². The SMILES string of the molecule is Cc1noc(C)c1COc1ccc(CC(=O)NNC(=O)CC23CC4CC(CC(C4)C2)C3)cc1. The first-order chi connectivity index (χ1) is 15.9. The third-order valence-corrected chi connectivity index (χ3v) is 7.89. The fourth-order valence-corrected chi connectivity index (χ4v) is 6.83. The second-order valence-electron chi connectivity index (χ2n) is 10.6. The summed E-state index contributed by atoms with van der Waals surface area (Å²) < 4.78 is 11.0. The summed E-state index contributed by atoms with van der Waals surface area (Å²) in [5.41, 5.74) is 8.05. The van der Waals surface area contributed by atoms with Crippen LogP contribution < -0.4 is 15.6 Å². The van der Waals surface area contributed by atoms with Crippen LogP contribution in [0.4, 0.5) is 0 Å². The van der Waals surface area contributed by atoms with Crippen molar-refractivity contribution in [1.29, 1.82) is 0 Å². The molecule has 0 spiro atoms. The van der Waals surface area contributed by atoms with Crippen LogP contribution >= 0.6 is 0 Å². The minimum absolute atomic E-state index is 0.0617. The number of carbonyl (C=O) groups excluding carboxylic acids is 2. The van der Waals surface area contributed by atoms with Crippen molar-refractivity contribution in [2.75, 3.05) is 0 Å². The van der Waals surface area contributed by atoms with E-state index in [9.17, 15) is 9.59 Å². The molecule has 2 aromatic rings. The lowest BCUT2D eigenvalue weighted by atomic mass is 9.49. The van der Waals surface area contributed by atoms with Gasteiger partial charge in [-0.25, -0.2) is 0 Å². The van der Waals surface area contributed by atoms with E-state index < -0.39 is 0 Å². The van der Waals surface area contributed by atoms with E-state index >= 15 is 0 Å². The predicted molar refractivity (Wildman–Crippen MR) is 122 cm³/mol. The van der Waals surface area contributed by atoms with Crippen LogP contribution in [-0.4, -0.2) is 17.0 Å². The molecule has 1 aromatic heterocycles. The van der Waals surface area contributed by atoms with Crippen molar-refractivity contribution in [3.63, 3.8) is 0 Å². The van der Waals surface area contributed by atoms with Gasteiger partial charge in [0.15, 0.2) is 0 Å². The van der Waals surface area contributed by atoms with Gasteiger partial charge in [0.05, 0.1) is 17.7 Å². The van der Waals surface area contributed by atoms with Crippen molar-refractivity contribution in [1.82, 2.24) is 16.0 Å². The average Bonchev–Trinajstić information content (AvgIpc) is 3.08. The van der Waals surface area contributed by atoms with Crippen LogP contribution in [0.15, 0.2) is 28.8 Å². The van der Waals surface area contributed by atoms with E-state index in [0.29, 0.717) is 18.8 Å². The Labute approximate surface area is 194 Å². The molecule has 7 heteroatoms. The van der Waals surface area contributed by atoms with Crippen LogP contribution in [0.2, 0.25) is 0 Å². The van der Waals surface area contributed by atoms with E-state index in [0.717, 1.165) is 40.3 Å². The van der Waals surface area contributed by atoms with Gasteiger partial charge in [0.2, 0.25) is 11.8 Å². The Morgan fingerprint density at radius 2 is 1.61 bits per heavy atom. The molecule has 0 unspecified atom stereocenters. The smallest absolute Gasteiger partial charge is 0.242 e. The van der Waals surface area contributed by atoms with E-state index in [-0.39, 0.29) is 23.7 Å². The number of hydrogen-bond acceptors (Lipinski definition) is 5. The Balaban J connectivity index is 1.06. The first kappa shape index (κ1) is 22.0. The monoisotopic (exact) mass is 451 g/mol. The lowest BCUT2D eigenvalue weighted by Crippen LogP contribution is -2.50. The lowest BCUT2D eigenvalue weighted by Gasteiger charge is -2.56. The molecule has 0 atom stereocenters. The normalized spacial score (nSPS) is 27.4. The Bertz CT molecular complexity index is 972. The number of amides is 2. The molecule has 1 heterocycles. The zero-order valence-electron chi connectivity index (χ0n) is 19.5. The number of hydrazine groups is 1. The molecule has 0 aliphatic heterocycles. The predicted octanol–water partition coefficient (Wildman–Crippen LogP) is 4.17. The number of nitrogens with zero attached hydrogens (tertiary/aromatic N) is 1. The molecule has 2 N–H and O–H groups in total. The van der Waals surface area contributed by atoms with Gasteiger partial charge in [-0.3, -0.25) is 20.4 Å². The number of benzene rings is 1. The molecule has 4 saturated carbocycles. The second kappa shape index (κ2) is 8.84. The van der Waals surface area contributed by atoms with Gasteiger partial charge in [-0.2, -0.15) is 0 Å². The Morgan fingerprint density at radius 3 is 2.18 bits per heavy atom. The highest BCUT2D eigenvalue weighted by Gasteiger charge is 2.51. The Kier molecular flexibility index (Phi) is 5.89. The molecule has 0 radical (unpaired) electrons. The summed E-state index contributed by atoms with van der Waals surface area (Å²) in [5.74, 6) is 3.63. The number of hydrogen-bond donors (Lipinski definition) is 2. The van der Waals surface area contributed by atoms with Crippen molar-refractivity contribution in [3.05, 3.63) is 46.8 Å². The van der Waals surface area contributed by atoms with E-state index in [2.05, 4.69) is 16.0 Å². The van der Waals surface area contributed by atoms with Crippen LogP contribution in [0.5, 0.6) is 5.75 Å². The molecule has 0 saturated heterocycles.